The van der Waals surface area contributed by atoms with Crippen molar-refractivity contribution in [2.75, 3.05) is 51.3 Å². The summed E-state index contributed by atoms with van der Waals surface area (Å²) in [5, 5.41) is 24.4. The van der Waals surface area contributed by atoms with Crippen LogP contribution in [0.4, 0.5) is 10.6 Å². The van der Waals surface area contributed by atoms with E-state index in [1.807, 2.05) is 58.9 Å². The van der Waals surface area contributed by atoms with Crippen LogP contribution in [0.15, 0.2) is 49.2 Å². The number of likely N-dealkylation sites (tertiary alicyclic amines) is 1. The van der Waals surface area contributed by atoms with Crippen molar-refractivity contribution in [3.05, 3.63) is 49.2 Å². The van der Waals surface area contributed by atoms with E-state index in [4.69, 9.17) is 29.0 Å². The summed E-state index contributed by atoms with van der Waals surface area (Å²) in [6.45, 7) is 19.7. The van der Waals surface area contributed by atoms with Crippen LogP contribution in [0.5, 0.6) is 11.5 Å². The van der Waals surface area contributed by atoms with Gasteiger partial charge >= 0.3 is 12.1 Å². The summed E-state index contributed by atoms with van der Waals surface area (Å²) >= 11 is 0. The van der Waals surface area contributed by atoms with Gasteiger partial charge in [0.1, 0.15) is 53.8 Å². The van der Waals surface area contributed by atoms with Crippen LogP contribution in [0.3, 0.4) is 0 Å². The highest BCUT2D eigenvalue weighted by Gasteiger charge is 2.61. The van der Waals surface area contributed by atoms with Gasteiger partial charge in [-0.2, -0.15) is 0 Å². The molecule has 0 radical (unpaired) electrons. The minimum Gasteiger partial charge on any atom is -0.492 e. The fourth-order valence-corrected chi connectivity index (χ4v) is 8.66. The van der Waals surface area contributed by atoms with Crippen LogP contribution in [-0.4, -0.2) is 135 Å². The van der Waals surface area contributed by atoms with Gasteiger partial charge in [0.25, 0.3) is 0 Å². The molecular weight excluding hydrogens is 797 g/mol. The van der Waals surface area contributed by atoms with Gasteiger partial charge in [0.15, 0.2) is 5.82 Å². The molecule has 2 aliphatic heterocycles. The molecule has 17 nitrogen and oxygen atoms in total. The van der Waals surface area contributed by atoms with Gasteiger partial charge in [-0.15, -0.1) is 11.7 Å². The molecule has 2 aromatic heterocycles. The number of hydrogen-bond acceptors (Lipinski definition) is 12. The SMILES string of the molecule is C=CC1C[C@]1(NC(=O)C1C[C@@H](Oc2cc(-n3ccc(NC(C)C)n3)nc3cc(OCCN4CCOCC4)ccc23)CN1C(=O)C(NC(=O)OC1CCC(C)C1)C(C)(C)C)C(=O)O. The van der Waals surface area contributed by atoms with E-state index in [0.29, 0.717) is 59.8 Å². The van der Waals surface area contributed by atoms with Crippen LogP contribution in [-0.2, 0) is 23.9 Å². The third-order valence-electron chi connectivity index (χ3n) is 12.2. The number of carboxylic acids is 1. The van der Waals surface area contributed by atoms with Crippen LogP contribution < -0.4 is 25.4 Å². The first-order valence-electron chi connectivity index (χ1n) is 21.9. The van der Waals surface area contributed by atoms with E-state index in [0.717, 1.165) is 38.9 Å². The first-order chi connectivity index (χ1) is 29.5. The molecule has 7 atom stereocenters. The number of aromatic nitrogens is 3. The largest absolute Gasteiger partial charge is 0.492 e. The zero-order chi connectivity index (χ0) is 44.3. The van der Waals surface area contributed by atoms with E-state index in [1.54, 1.807) is 16.9 Å². The number of aliphatic carboxylic acids is 1. The second kappa shape index (κ2) is 18.5. The number of pyridine rings is 1. The number of carbonyl (C=O) groups is 4. The van der Waals surface area contributed by atoms with Gasteiger partial charge in [0.2, 0.25) is 11.8 Å². The van der Waals surface area contributed by atoms with Crippen molar-refractivity contribution in [2.24, 2.45) is 17.3 Å². The Labute approximate surface area is 362 Å². The number of carboxylic acid groups (broad SMARTS) is 1. The zero-order valence-electron chi connectivity index (χ0n) is 36.7. The van der Waals surface area contributed by atoms with Crippen molar-refractivity contribution >= 4 is 40.6 Å². The average Bonchev–Trinajstić information content (AvgIpc) is 3.53. The molecule has 1 aromatic carbocycles. The summed E-state index contributed by atoms with van der Waals surface area (Å²) in [4.78, 5) is 63.5. The number of benzene rings is 1. The molecule has 4 N–H and O–H groups in total. The summed E-state index contributed by atoms with van der Waals surface area (Å²) < 4.78 is 25.9. The Bertz CT molecular complexity index is 2130. The fourth-order valence-electron chi connectivity index (χ4n) is 8.66. The Hall–Kier alpha value is -5.42. The van der Waals surface area contributed by atoms with Gasteiger partial charge in [-0.25, -0.2) is 19.3 Å². The van der Waals surface area contributed by atoms with E-state index in [-0.39, 0.29) is 31.5 Å². The Morgan fingerprint density at radius 1 is 1.08 bits per heavy atom. The zero-order valence-corrected chi connectivity index (χ0v) is 36.7. The molecule has 2 saturated carbocycles. The van der Waals surface area contributed by atoms with Gasteiger partial charge in [0.05, 0.1) is 25.3 Å². The molecule has 5 unspecified atom stereocenters. The van der Waals surface area contributed by atoms with Crippen molar-refractivity contribution in [2.45, 2.75) is 110 Å². The standard InChI is InChI=1S/C45H62N8O9/c1-8-29-25-45(29,42(56)57)49-40(54)35-23-32(26-52(35)41(55)39(44(5,6)7)48-43(58)62-31-10-9-28(4)21-31)61-36-24-38(53-14-13-37(50-53)46-27(2)3)47-34-22-30(11-12-33(34)36)60-20-17-51-15-18-59-19-16-51/h8,11-14,22,24,27-29,31-32,35,39H,1,9-10,15-21,23,25-26H2,2-7H3,(H,46,50)(H,48,58)(H,49,54)(H,56,57)/t28?,29?,31?,32-,35?,39?,45-/m1/s1. The second-order valence-electron chi connectivity index (χ2n) is 18.6. The Kier molecular flexibility index (Phi) is 13.3. The first-order valence-corrected chi connectivity index (χ1v) is 21.9. The summed E-state index contributed by atoms with van der Waals surface area (Å²) in [6.07, 6.45) is 4.31. The number of carbonyl (C=O) groups excluding carboxylic acids is 3. The molecular formula is C45H62N8O9. The molecule has 4 heterocycles. The molecule has 0 spiro atoms. The lowest BCUT2D eigenvalue weighted by Crippen LogP contribution is -2.59. The predicted octanol–water partition coefficient (Wildman–Crippen LogP) is 4.78. The van der Waals surface area contributed by atoms with Gasteiger partial charge in [0, 0.05) is 67.8 Å². The van der Waals surface area contributed by atoms with E-state index in [2.05, 4.69) is 34.4 Å². The highest BCUT2D eigenvalue weighted by Crippen LogP contribution is 2.45. The van der Waals surface area contributed by atoms with Gasteiger partial charge in [-0.1, -0.05) is 33.8 Å². The van der Waals surface area contributed by atoms with Crippen molar-refractivity contribution in [3.63, 3.8) is 0 Å². The van der Waals surface area contributed by atoms with Gasteiger partial charge < -0.3 is 44.9 Å². The maximum absolute atomic E-state index is 14.8. The predicted molar refractivity (Wildman–Crippen MR) is 231 cm³/mol. The number of anilines is 1. The third kappa shape index (κ3) is 10.3. The van der Waals surface area contributed by atoms with Crippen molar-refractivity contribution < 1.29 is 43.2 Å². The summed E-state index contributed by atoms with van der Waals surface area (Å²) in [5.41, 5.74) is -1.74. The van der Waals surface area contributed by atoms with E-state index < -0.39 is 58.9 Å². The number of nitrogens with one attached hydrogen (secondary N) is 3. The second-order valence-corrected chi connectivity index (χ2v) is 18.6. The molecule has 62 heavy (non-hydrogen) atoms. The van der Waals surface area contributed by atoms with Crippen LogP contribution in [0.1, 0.15) is 73.6 Å². The topological polar surface area (TPSA) is 199 Å². The fraction of sp³-hybridized carbons (Fsp3) is 0.600. The number of fused-ring (bicyclic) bond motifs is 1. The third-order valence-corrected chi connectivity index (χ3v) is 12.2. The summed E-state index contributed by atoms with van der Waals surface area (Å²) in [6, 6.07) is 7.15. The summed E-state index contributed by atoms with van der Waals surface area (Å²) in [5.74, 6) is -0.152. The number of rotatable bonds is 16. The molecule has 3 aromatic rings. The number of morpholine rings is 1. The smallest absolute Gasteiger partial charge is 0.408 e. The van der Waals surface area contributed by atoms with E-state index in [1.165, 1.54) is 11.0 Å². The number of ether oxygens (including phenoxy) is 4. The lowest BCUT2D eigenvalue weighted by atomic mass is 9.85. The minimum atomic E-state index is -1.53. The van der Waals surface area contributed by atoms with Crippen molar-refractivity contribution in [1.82, 2.24) is 35.2 Å². The molecule has 7 rings (SSSR count). The Morgan fingerprint density at radius 2 is 1.85 bits per heavy atom. The highest BCUT2D eigenvalue weighted by molar-refractivity contribution is 5.96. The van der Waals surface area contributed by atoms with Crippen LogP contribution in [0, 0.1) is 17.3 Å². The van der Waals surface area contributed by atoms with Gasteiger partial charge in [-0.05, 0) is 63.0 Å². The number of amides is 3. The lowest BCUT2D eigenvalue weighted by molar-refractivity contribution is -0.146. The van der Waals surface area contributed by atoms with Gasteiger partial charge in [-0.3, -0.25) is 14.5 Å². The molecule has 4 aliphatic rings. The average molecular weight is 859 g/mol. The van der Waals surface area contributed by atoms with Crippen LogP contribution >= 0.6 is 0 Å². The van der Waals surface area contributed by atoms with Crippen LogP contribution in [0.25, 0.3) is 16.7 Å². The molecule has 4 fully saturated rings. The monoisotopic (exact) mass is 858 g/mol. The maximum Gasteiger partial charge on any atom is 0.408 e. The molecule has 336 valence electrons. The summed E-state index contributed by atoms with van der Waals surface area (Å²) in [7, 11) is 0. The molecule has 2 saturated heterocycles. The maximum atomic E-state index is 14.8. The quantitative estimate of drug-likeness (QED) is 0.144. The molecule has 2 aliphatic carbocycles. The first kappa shape index (κ1) is 44.6. The lowest BCUT2D eigenvalue weighted by Gasteiger charge is -2.35. The van der Waals surface area contributed by atoms with Crippen LogP contribution in [0.2, 0.25) is 0 Å². The number of alkyl carbamates (subject to hydrolysis) is 1. The minimum absolute atomic E-state index is 0.0303. The Morgan fingerprint density at radius 3 is 2.52 bits per heavy atom. The number of hydrogen-bond donors (Lipinski definition) is 4. The van der Waals surface area contributed by atoms with Crippen molar-refractivity contribution in [3.8, 4) is 17.3 Å². The van der Waals surface area contributed by atoms with E-state index in [9.17, 15) is 24.3 Å². The highest BCUT2D eigenvalue weighted by atomic mass is 16.6. The Balaban J connectivity index is 1.18. The molecule has 0 bridgehead atoms. The normalized spacial score (nSPS) is 25.6. The molecule has 17 heteroatoms. The van der Waals surface area contributed by atoms with Crippen molar-refractivity contribution in [1.29, 1.82) is 0 Å². The number of nitrogens with zero attached hydrogens (tertiary/aromatic N) is 5. The van der Waals surface area contributed by atoms with E-state index >= 15 is 0 Å². The molecule has 3 amide bonds.